The third kappa shape index (κ3) is 3.04. The predicted molar refractivity (Wildman–Crippen MR) is 66.2 cm³/mol. The van der Waals surface area contributed by atoms with Gasteiger partial charge in [0, 0.05) is 6.54 Å². The van der Waals surface area contributed by atoms with Gasteiger partial charge in [0.05, 0.1) is 0 Å². The van der Waals surface area contributed by atoms with Crippen molar-refractivity contribution in [2.24, 2.45) is 5.92 Å². The molecule has 1 aromatic heterocycles. The van der Waals surface area contributed by atoms with E-state index >= 15 is 0 Å². The Hall–Kier alpha value is -0.900. The molecule has 0 spiro atoms. The van der Waals surface area contributed by atoms with Gasteiger partial charge in [-0.15, -0.1) is 0 Å². The highest BCUT2D eigenvalue weighted by atomic mass is 79.9. The van der Waals surface area contributed by atoms with Crippen LogP contribution in [0.5, 0.6) is 0 Å². The normalized spacial score (nSPS) is 16.3. The molecule has 1 fully saturated rings. The van der Waals surface area contributed by atoms with Crippen LogP contribution in [0.3, 0.4) is 0 Å². The summed E-state index contributed by atoms with van der Waals surface area (Å²) in [6, 6.07) is 5.37. The van der Waals surface area contributed by atoms with Crippen molar-refractivity contribution in [1.29, 1.82) is 0 Å². The summed E-state index contributed by atoms with van der Waals surface area (Å²) in [5.74, 6) is 0.587. The van der Waals surface area contributed by atoms with Crippen LogP contribution in [0, 0.1) is 5.92 Å². The SMILES string of the molecule is O=C(NCC1CCCC1)c1cccc(Br)n1. The smallest absolute Gasteiger partial charge is 0.269 e. The summed E-state index contributed by atoms with van der Waals surface area (Å²) in [5, 5.41) is 2.95. The molecule has 4 heteroatoms. The molecule has 0 bridgehead atoms. The van der Waals surface area contributed by atoms with E-state index in [9.17, 15) is 4.79 Å². The van der Waals surface area contributed by atoms with Crippen molar-refractivity contribution >= 4 is 21.8 Å². The molecule has 1 N–H and O–H groups in total. The lowest BCUT2D eigenvalue weighted by Gasteiger charge is -2.10. The van der Waals surface area contributed by atoms with Gasteiger partial charge in [0.2, 0.25) is 0 Å². The number of rotatable bonds is 3. The van der Waals surface area contributed by atoms with E-state index in [1.54, 1.807) is 6.07 Å². The first-order valence-corrected chi connectivity index (χ1v) is 6.46. The molecule has 0 aromatic carbocycles. The van der Waals surface area contributed by atoms with Crippen LogP contribution in [0.4, 0.5) is 0 Å². The Labute approximate surface area is 104 Å². The summed E-state index contributed by atoms with van der Waals surface area (Å²) in [6.07, 6.45) is 5.09. The molecule has 1 aromatic rings. The first-order valence-electron chi connectivity index (χ1n) is 5.66. The van der Waals surface area contributed by atoms with E-state index in [2.05, 4.69) is 26.2 Å². The number of aromatic nitrogens is 1. The van der Waals surface area contributed by atoms with Gasteiger partial charge in [0.25, 0.3) is 5.91 Å². The summed E-state index contributed by atoms with van der Waals surface area (Å²) in [6.45, 7) is 0.785. The average molecular weight is 283 g/mol. The van der Waals surface area contributed by atoms with Crippen molar-refractivity contribution in [2.45, 2.75) is 25.7 Å². The maximum Gasteiger partial charge on any atom is 0.269 e. The van der Waals surface area contributed by atoms with E-state index in [0.29, 0.717) is 16.2 Å². The van der Waals surface area contributed by atoms with Gasteiger partial charge in [-0.05, 0) is 46.8 Å². The van der Waals surface area contributed by atoms with Crippen LogP contribution in [-0.2, 0) is 0 Å². The third-order valence-corrected chi connectivity index (χ3v) is 3.42. The fourth-order valence-corrected chi connectivity index (χ4v) is 2.42. The Morgan fingerprint density at radius 2 is 2.19 bits per heavy atom. The van der Waals surface area contributed by atoms with E-state index in [1.807, 2.05) is 12.1 Å². The van der Waals surface area contributed by atoms with Crippen LogP contribution >= 0.6 is 15.9 Å². The molecule has 16 heavy (non-hydrogen) atoms. The highest BCUT2D eigenvalue weighted by Crippen LogP contribution is 2.23. The van der Waals surface area contributed by atoms with Crippen LogP contribution in [0.2, 0.25) is 0 Å². The Morgan fingerprint density at radius 1 is 1.44 bits per heavy atom. The number of carbonyl (C=O) groups excluding carboxylic acids is 1. The lowest BCUT2D eigenvalue weighted by Crippen LogP contribution is -2.29. The summed E-state index contributed by atoms with van der Waals surface area (Å²) in [7, 11) is 0. The molecular weight excluding hydrogens is 268 g/mol. The largest absolute Gasteiger partial charge is 0.350 e. The molecule has 0 unspecified atom stereocenters. The Balaban J connectivity index is 1.87. The highest BCUT2D eigenvalue weighted by Gasteiger charge is 2.16. The van der Waals surface area contributed by atoms with E-state index in [-0.39, 0.29) is 5.91 Å². The van der Waals surface area contributed by atoms with Crippen LogP contribution in [0.15, 0.2) is 22.8 Å². The highest BCUT2D eigenvalue weighted by molar-refractivity contribution is 9.10. The molecule has 1 aliphatic rings. The number of nitrogens with zero attached hydrogens (tertiary/aromatic N) is 1. The molecule has 1 aliphatic carbocycles. The third-order valence-electron chi connectivity index (χ3n) is 2.97. The molecule has 0 saturated heterocycles. The summed E-state index contributed by atoms with van der Waals surface area (Å²) in [4.78, 5) is 15.9. The molecule has 2 rings (SSSR count). The Kier molecular flexibility index (Phi) is 3.93. The van der Waals surface area contributed by atoms with E-state index in [1.165, 1.54) is 25.7 Å². The Morgan fingerprint density at radius 3 is 2.88 bits per heavy atom. The van der Waals surface area contributed by atoms with E-state index in [4.69, 9.17) is 0 Å². The van der Waals surface area contributed by atoms with E-state index in [0.717, 1.165) is 6.54 Å². The van der Waals surface area contributed by atoms with Crippen LogP contribution in [-0.4, -0.2) is 17.4 Å². The fourth-order valence-electron chi connectivity index (χ4n) is 2.08. The number of hydrogen-bond donors (Lipinski definition) is 1. The molecule has 3 nitrogen and oxygen atoms in total. The van der Waals surface area contributed by atoms with Gasteiger partial charge in [-0.1, -0.05) is 18.9 Å². The maximum atomic E-state index is 11.8. The van der Waals surface area contributed by atoms with Gasteiger partial charge in [-0.25, -0.2) is 4.98 Å². The van der Waals surface area contributed by atoms with Gasteiger partial charge in [0.1, 0.15) is 10.3 Å². The molecule has 1 saturated carbocycles. The number of carbonyl (C=O) groups is 1. The molecule has 0 radical (unpaired) electrons. The van der Waals surface area contributed by atoms with Gasteiger partial charge in [-0.3, -0.25) is 4.79 Å². The topological polar surface area (TPSA) is 42.0 Å². The lowest BCUT2D eigenvalue weighted by atomic mass is 10.1. The molecule has 86 valence electrons. The van der Waals surface area contributed by atoms with Gasteiger partial charge in [-0.2, -0.15) is 0 Å². The van der Waals surface area contributed by atoms with Crippen molar-refractivity contribution < 1.29 is 4.79 Å². The van der Waals surface area contributed by atoms with Gasteiger partial charge in [0.15, 0.2) is 0 Å². The predicted octanol–water partition coefficient (Wildman–Crippen LogP) is 2.76. The standard InChI is InChI=1S/C12H15BrN2O/c13-11-7-3-6-10(15-11)12(16)14-8-9-4-1-2-5-9/h3,6-7,9H,1-2,4-5,8H2,(H,14,16). The minimum atomic E-state index is -0.0757. The Bertz CT molecular complexity index is 375. The average Bonchev–Trinajstić information content (AvgIpc) is 2.78. The second-order valence-corrected chi connectivity index (χ2v) is 5.02. The second-order valence-electron chi connectivity index (χ2n) is 4.21. The van der Waals surface area contributed by atoms with Crippen molar-refractivity contribution in [3.05, 3.63) is 28.5 Å². The molecule has 1 heterocycles. The minimum Gasteiger partial charge on any atom is -0.350 e. The number of halogens is 1. The summed E-state index contributed by atoms with van der Waals surface area (Å²) >= 11 is 3.26. The molecule has 1 amide bonds. The van der Waals surface area contributed by atoms with Crippen molar-refractivity contribution in [2.75, 3.05) is 6.54 Å². The van der Waals surface area contributed by atoms with Crippen molar-refractivity contribution in [3.63, 3.8) is 0 Å². The van der Waals surface area contributed by atoms with Crippen molar-refractivity contribution in [3.8, 4) is 0 Å². The number of amides is 1. The zero-order valence-electron chi connectivity index (χ0n) is 9.08. The monoisotopic (exact) mass is 282 g/mol. The molecular formula is C12H15BrN2O. The number of nitrogens with one attached hydrogen (secondary N) is 1. The van der Waals surface area contributed by atoms with Gasteiger partial charge < -0.3 is 5.32 Å². The molecule has 0 aliphatic heterocycles. The first-order chi connectivity index (χ1) is 7.75. The lowest BCUT2D eigenvalue weighted by molar-refractivity contribution is 0.0942. The van der Waals surface area contributed by atoms with Crippen LogP contribution in [0.1, 0.15) is 36.2 Å². The van der Waals surface area contributed by atoms with E-state index < -0.39 is 0 Å². The minimum absolute atomic E-state index is 0.0757. The van der Waals surface area contributed by atoms with Crippen molar-refractivity contribution in [1.82, 2.24) is 10.3 Å². The zero-order chi connectivity index (χ0) is 11.4. The maximum absolute atomic E-state index is 11.8. The number of hydrogen-bond acceptors (Lipinski definition) is 2. The van der Waals surface area contributed by atoms with Crippen LogP contribution < -0.4 is 5.32 Å². The fraction of sp³-hybridized carbons (Fsp3) is 0.500. The summed E-state index contributed by atoms with van der Waals surface area (Å²) < 4.78 is 0.695. The van der Waals surface area contributed by atoms with Crippen LogP contribution in [0.25, 0.3) is 0 Å². The first kappa shape index (κ1) is 11.6. The number of pyridine rings is 1. The summed E-state index contributed by atoms with van der Waals surface area (Å²) in [5.41, 5.74) is 0.479. The second kappa shape index (κ2) is 5.43. The molecule has 0 atom stereocenters. The zero-order valence-corrected chi connectivity index (χ0v) is 10.7. The quantitative estimate of drug-likeness (QED) is 0.867. The van der Waals surface area contributed by atoms with Gasteiger partial charge >= 0.3 is 0 Å².